The molecule has 0 spiro atoms. The average Bonchev–Trinajstić information content (AvgIpc) is 1.63. The van der Waals surface area contributed by atoms with E-state index in [-0.39, 0.29) is 5.91 Å². The predicted octanol–water partition coefficient (Wildman–Crippen LogP) is -0.419. The fourth-order valence-electron chi connectivity index (χ4n) is 0.317. The summed E-state index contributed by atoms with van der Waals surface area (Å²) in [4.78, 5) is 10.5. The van der Waals surface area contributed by atoms with Crippen molar-refractivity contribution in [2.45, 2.75) is 6.92 Å². The van der Waals surface area contributed by atoms with Crippen LogP contribution in [-0.2, 0) is 4.79 Å². The molecule has 1 amide bonds. The molecule has 3 N–H and O–H groups in total. The molecule has 4 nitrogen and oxygen atoms in total. The summed E-state index contributed by atoms with van der Waals surface area (Å²) < 4.78 is 0. The highest BCUT2D eigenvalue weighted by Gasteiger charge is 1.89. The van der Waals surface area contributed by atoms with Crippen LogP contribution in [0, 0.1) is 0 Å². The van der Waals surface area contributed by atoms with Crippen molar-refractivity contribution in [1.82, 2.24) is 5.43 Å². The topological polar surface area (TPSA) is 67.5 Å². The lowest BCUT2D eigenvalue weighted by atomic mass is 10.4. The Morgan fingerprint density at radius 2 is 2.44 bits per heavy atom. The SMILES string of the molecule is C=NNC(=O)/C=C(/C)N. The van der Waals surface area contributed by atoms with Crippen molar-refractivity contribution in [1.29, 1.82) is 0 Å². The zero-order valence-electron chi connectivity index (χ0n) is 5.22. The number of hydrogen-bond donors (Lipinski definition) is 2. The average molecular weight is 127 g/mol. The van der Waals surface area contributed by atoms with Crippen molar-refractivity contribution in [3.8, 4) is 0 Å². The van der Waals surface area contributed by atoms with Gasteiger partial charge in [0.05, 0.1) is 0 Å². The van der Waals surface area contributed by atoms with Gasteiger partial charge >= 0.3 is 0 Å². The molecule has 0 aliphatic carbocycles. The second-order valence-corrected chi connectivity index (χ2v) is 1.52. The second-order valence-electron chi connectivity index (χ2n) is 1.52. The van der Waals surface area contributed by atoms with Gasteiger partial charge in [-0.3, -0.25) is 4.79 Å². The fourth-order valence-corrected chi connectivity index (χ4v) is 0.317. The Bertz CT molecular complexity index is 146. The molecule has 0 saturated carbocycles. The Labute approximate surface area is 53.4 Å². The maximum atomic E-state index is 10.5. The van der Waals surface area contributed by atoms with Gasteiger partial charge in [-0.2, -0.15) is 5.10 Å². The molecule has 50 valence electrons. The molecule has 0 aliphatic heterocycles. The number of allylic oxidation sites excluding steroid dienone is 1. The van der Waals surface area contributed by atoms with Crippen molar-refractivity contribution in [3.63, 3.8) is 0 Å². The molecule has 0 aromatic carbocycles. The van der Waals surface area contributed by atoms with E-state index in [9.17, 15) is 4.79 Å². The lowest BCUT2D eigenvalue weighted by Gasteiger charge is -1.90. The van der Waals surface area contributed by atoms with Gasteiger partial charge in [-0.05, 0) is 6.92 Å². The molecule has 4 heteroatoms. The highest BCUT2D eigenvalue weighted by atomic mass is 16.2. The molecule has 0 atom stereocenters. The van der Waals surface area contributed by atoms with Crippen LogP contribution in [0.1, 0.15) is 6.92 Å². The van der Waals surface area contributed by atoms with Crippen LogP contribution in [0.3, 0.4) is 0 Å². The quantitative estimate of drug-likeness (QED) is 0.300. The fraction of sp³-hybridized carbons (Fsp3) is 0.200. The van der Waals surface area contributed by atoms with Crippen molar-refractivity contribution in [2.24, 2.45) is 10.8 Å². The van der Waals surface area contributed by atoms with E-state index in [1.807, 2.05) is 0 Å². The summed E-state index contributed by atoms with van der Waals surface area (Å²) in [7, 11) is 0. The van der Waals surface area contributed by atoms with Gasteiger partial charge in [0.1, 0.15) is 0 Å². The van der Waals surface area contributed by atoms with Crippen LogP contribution in [0.15, 0.2) is 16.9 Å². The first-order valence-electron chi connectivity index (χ1n) is 2.36. The Balaban J connectivity index is 3.76. The van der Waals surface area contributed by atoms with Gasteiger partial charge in [0.2, 0.25) is 0 Å². The molecular formula is C5H9N3O. The largest absolute Gasteiger partial charge is 0.402 e. The summed E-state index contributed by atoms with van der Waals surface area (Å²) in [5.41, 5.74) is 7.70. The molecule has 0 saturated heterocycles. The van der Waals surface area contributed by atoms with Gasteiger partial charge in [0, 0.05) is 18.5 Å². The van der Waals surface area contributed by atoms with Crippen molar-refractivity contribution >= 4 is 12.6 Å². The van der Waals surface area contributed by atoms with Crippen LogP contribution in [0.2, 0.25) is 0 Å². The molecule has 0 radical (unpaired) electrons. The van der Waals surface area contributed by atoms with Gasteiger partial charge < -0.3 is 5.73 Å². The zero-order chi connectivity index (χ0) is 7.28. The molecule has 0 bridgehead atoms. The lowest BCUT2D eigenvalue weighted by molar-refractivity contribution is -0.116. The number of hydrazone groups is 1. The molecule has 0 unspecified atom stereocenters. The van der Waals surface area contributed by atoms with Crippen LogP contribution in [0.25, 0.3) is 0 Å². The van der Waals surface area contributed by atoms with E-state index in [0.29, 0.717) is 5.70 Å². The monoisotopic (exact) mass is 127 g/mol. The number of carbonyl (C=O) groups is 1. The van der Waals surface area contributed by atoms with Gasteiger partial charge in [-0.25, -0.2) is 5.43 Å². The summed E-state index contributed by atoms with van der Waals surface area (Å²) >= 11 is 0. The van der Waals surface area contributed by atoms with Gasteiger partial charge in [-0.15, -0.1) is 0 Å². The van der Waals surface area contributed by atoms with Crippen LogP contribution in [0.4, 0.5) is 0 Å². The van der Waals surface area contributed by atoms with E-state index in [2.05, 4.69) is 17.2 Å². The normalized spacial score (nSPS) is 10.6. The van der Waals surface area contributed by atoms with Crippen LogP contribution in [-0.4, -0.2) is 12.6 Å². The number of rotatable bonds is 2. The molecular weight excluding hydrogens is 118 g/mol. The minimum atomic E-state index is -0.356. The first-order valence-corrected chi connectivity index (χ1v) is 2.36. The Morgan fingerprint density at radius 1 is 1.89 bits per heavy atom. The molecule has 0 heterocycles. The van der Waals surface area contributed by atoms with E-state index in [1.54, 1.807) is 6.92 Å². The van der Waals surface area contributed by atoms with Crippen LogP contribution >= 0.6 is 0 Å². The molecule has 0 aromatic rings. The van der Waals surface area contributed by atoms with Crippen molar-refractivity contribution < 1.29 is 4.79 Å². The van der Waals surface area contributed by atoms with Crippen molar-refractivity contribution in [2.75, 3.05) is 0 Å². The van der Waals surface area contributed by atoms with E-state index >= 15 is 0 Å². The predicted molar refractivity (Wildman–Crippen MR) is 35.6 cm³/mol. The first-order chi connectivity index (χ1) is 4.16. The molecule has 0 fully saturated rings. The zero-order valence-corrected chi connectivity index (χ0v) is 5.22. The number of nitrogens with one attached hydrogen (secondary N) is 1. The smallest absolute Gasteiger partial charge is 0.265 e. The van der Waals surface area contributed by atoms with Crippen molar-refractivity contribution in [3.05, 3.63) is 11.8 Å². The third-order valence-corrected chi connectivity index (χ3v) is 0.548. The number of carbonyl (C=O) groups excluding carboxylic acids is 1. The minimum absolute atomic E-state index is 0.356. The number of hydrogen-bond acceptors (Lipinski definition) is 3. The number of nitrogens with zero attached hydrogens (tertiary/aromatic N) is 1. The van der Waals surface area contributed by atoms with Gasteiger partial charge in [0.25, 0.3) is 5.91 Å². The molecule has 9 heavy (non-hydrogen) atoms. The molecule has 0 rings (SSSR count). The van der Waals surface area contributed by atoms with E-state index in [4.69, 9.17) is 5.73 Å². The second kappa shape index (κ2) is 3.65. The van der Waals surface area contributed by atoms with Crippen LogP contribution in [0.5, 0.6) is 0 Å². The highest BCUT2D eigenvalue weighted by molar-refractivity contribution is 5.87. The summed E-state index contributed by atoms with van der Waals surface area (Å²) in [6, 6.07) is 0. The Kier molecular flexibility index (Phi) is 3.12. The molecule has 0 aliphatic rings. The van der Waals surface area contributed by atoms with Gasteiger partial charge in [0.15, 0.2) is 0 Å². The number of nitrogens with two attached hydrogens (primary N) is 1. The summed E-state index contributed by atoms with van der Waals surface area (Å²) in [6.07, 6.45) is 1.23. The third kappa shape index (κ3) is 4.53. The Hall–Kier alpha value is -1.32. The van der Waals surface area contributed by atoms with E-state index in [1.165, 1.54) is 6.08 Å². The number of amides is 1. The Morgan fingerprint density at radius 3 is 2.78 bits per heavy atom. The maximum absolute atomic E-state index is 10.5. The first kappa shape index (κ1) is 7.68. The van der Waals surface area contributed by atoms with Crippen LogP contribution < -0.4 is 11.2 Å². The lowest BCUT2D eigenvalue weighted by Crippen LogP contribution is -2.14. The summed E-state index contributed by atoms with van der Waals surface area (Å²) in [6.45, 7) is 4.67. The highest BCUT2D eigenvalue weighted by Crippen LogP contribution is 1.77. The van der Waals surface area contributed by atoms with E-state index < -0.39 is 0 Å². The summed E-state index contributed by atoms with van der Waals surface area (Å²) in [5.74, 6) is -0.356. The van der Waals surface area contributed by atoms with E-state index in [0.717, 1.165) is 0 Å². The van der Waals surface area contributed by atoms with Gasteiger partial charge in [-0.1, -0.05) is 0 Å². The summed E-state index contributed by atoms with van der Waals surface area (Å²) in [5, 5.41) is 3.14. The standard InChI is InChI=1S/C5H9N3O/c1-4(6)3-5(9)8-7-2/h3H,2,6H2,1H3,(H,8,9)/b4-3-. The maximum Gasteiger partial charge on any atom is 0.265 e. The molecule has 0 aromatic heterocycles. The minimum Gasteiger partial charge on any atom is -0.402 e. The third-order valence-electron chi connectivity index (χ3n) is 0.548.